The van der Waals surface area contributed by atoms with Gasteiger partial charge in [0.1, 0.15) is 6.10 Å². The van der Waals surface area contributed by atoms with Crippen LogP contribution in [0.2, 0.25) is 0 Å². The van der Waals surface area contributed by atoms with E-state index in [0.717, 1.165) is 19.3 Å². The minimum absolute atomic E-state index is 0.0136. The van der Waals surface area contributed by atoms with E-state index < -0.39 is 5.60 Å². The molecule has 1 aliphatic heterocycles. The van der Waals surface area contributed by atoms with Gasteiger partial charge >= 0.3 is 0 Å². The van der Waals surface area contributed by atoms with Gasteiger partial charge in [0.15, 0.2) is 0 Å². The third kappa shape index (κ3) is 1.53. The van der Waals surface area contributed by atoms with E-state index in [-0.39, 0.29) is 24.2 Å². The summed E-state index contributed by atoms with van der Waals surface area (Å²) in [4.78, 5) is 0. The van der Waals surface area contributed by atoms with Crippen LogP contribution in [0.1, 0.15) is 46.5 Å². The minimum atomic E-state index is -0.653. The van der Waals surface area contributed by atoms with Crippen LogP contribution in [0.25, 0.3) is 0 Å². The standard InChI is InChI=1S/C15H26O3/c1-9(2)11-5-4-10(8-16)15(11)7-6-14(3,17)12-13(15)18-12/h9-13,16-17H,4-8H2,1-3H3/t10-,11+,12+,13-,14+,15-/m1/s1. The van der Waals surface area contributed by atoms with Gasteiger partial charge < -0.3 is 14.9 Å². The zero-order valence-electron chi connectivity index (χ0n) is 11.7. The summed E-state index contributed by atoms with van der Waals surface area (Å²) in [6.45, 7) is 6.75. The first-order valence-corrected chi connectivity index (χ1v) is 7.42. The molecule has 0 aromatic carbocycles. The summed E-state index contributed by atoms with van der Waals surface area (Å²) >= 11 is 0. The van der Waals surface area contributed by atoms with Crippen LogP contribution in [0, 0.1) is 23.2 Å². The third-order valence-corrected chi connectivity index (χ3v) is 6.00. The van der Waals surface area contributed by atoms with E-state index in [1.807, 2.05) is 6.92 Å². The molecule has 0 aromatic heterocycles. The monoisotopic (exact) mass is 254 g/mol. The average Bonchev–Trinajstić information content (AvgIpc) is 3.03. The quantitative estimate of drug-likeness (QED) is 0.741. The molecule has 0 bridgehead atoms. The molecule has 18 heavy (non-hydrogen) atoms. The number of ether oxygens (including phenoxy) is 1. The molecule has 1 spiro atoms. The van der Waals surface area contributed by atoms with Gasteiger partial charge in [-0.2, -0.15) is 0 Å². The van der Waals surface area contributed by atoms with Crippen molar-refractivity contribution in [2.75, 3.05) is 6.61 Å². The number of rotatable bonds is 2. The van der Waals surface area contributed by atoms with Gasteiger partial charge in [-0.3, -0.25) is 0 Å². The van der Waals surface area contributed by atoms with Crippen molar-refractivity contribution in [1.29, 1.82) is 0 Å². The number of hydrogen-bond donors (Lipinski definition) is 2. The van der Waals surface area contributed by atoms with E-state index in [0.29, 0.717) is 17.8 Å². The Morgan fingerprint density at radius 1 is 1.22 bits per heavy atom. The van der Waals surface area contributed by atoms with E-state index in [4.69, 9.17) is 4.74 Å². The highest BCUT2D eigenvalue weighted by Crippen LogP contribution is 2.65. The SMILES string of the molecule is CC(C)[C@@H]1CC[C@H](CO)[C@]12CC[C@](C)(O)[C@H]1O[C@H]12. The second-order valence-corrected chi connectivity index (χ2v) is 7.25. The largest absolute Gasteiger partial charge is 0.396 e. The number of hydrogen-bond acceptors (Lipinski definition) is 3. The molecule has 1 saturated heterocycles. The van der Waals surface area contributed by atoms with E-state index in [2.05, 4.69) is 13.8 Å². The summed E-state index contributed by atoms with van der Waals surface area (Å²) < 4.78 is 5.88. The maximum atomic E-state index is 10.3. The van der Waals surface area contributed by atoms with Crippen LogP contribution in [-0.4, -0.2) is 34.6 Å². The van der Waals surface area contributed by atoms with Crippen LogP contribution in [0.4, 0.5) is 0 Å². The Balaban J connectivity index is 1.92. The average molecular weight is 254 g/mol. The van der Waals surface area contributed by atoms with E-state index >= 15 is 0 Å². The van der Waals surface area contributed by atoms with Crippen molar-refractivity contribution in [2.45, 2.75) is 64.3 Å². The molecule has 2 saturated carbocycles. The molecule has 3 fully saturated rings. The van der Waals surface area contributed by atoms with Crippen LogP contribution in [0.5, 0.6) is 0 Å². The smallest absolute Gasteiger partial charge is 0.113 e. The first kappa shape index (κ1) is 12.9. The van der Waals surface area contributed by atoms with Gasteiger partial charge in [0.25, 0.3) is 0 Å². The molecule has 3 rings (SSSR count). The fraction of sp³-hybridized carbons (Fsp3) is 1.00. The Kier molecular flexibility index (Phi) is 2.82. The van der Waals surface area contributed by atoms with Crippen molar-refractivity contribution in [3.63, 3.8) is 0 Å². The second kappa shape index (κ2) is 3.94. The first-order chi connectivity index (χ1) is 8.43. The van der Waals surface area contributed by atoms with Gasteiger partial charge in [0, 0.05) is 12.0 Å². The van der Waals surface area contributed by atoms with Crippen LogP contribution < -0.4 is 0 Å². The Labute approximate surface area is 110 Å². The topological polar surface area (TPSA) is 53.0 Å². The maximum Gasteiger partial charge on any atom is 0.113 e. The van der Waals surface area contributed by atoms with Crippen molar-refractivity contribution >= 4 is 0 Å². The van der Waals surface area contributed by atoms with E-state index in [1.165, 1.54) is 6.42 Å². The Bertz CT molecular complexity index is 339. The molecular weight excluding hydrogens is 228 g/mol. The number of epoxide rings is 1. The van der Waals surface area contributed by atoms with Crippen LogP contribution >= 0.6 is 0 Å². The molecule has 2 aliphatic carbocycles. The minimum Gasteiger partial charge on any atom is -0.396 e. The van der Waals surface area contributed by atoms with E-state index in [1.54, 1.807) is 0 Å². The molecule has 0 radical (unpaired) electrons. The van der Waals surface area contributed by atoms with Crippen molar-refractivity contribution in [3.05, 3.63) is 0 Å². The molecule has 2 N–H and O–H groups in total. The first-order valence-electron chi connectivity index (χ1n) is 7.42. The summed E-state index contributed by atoms with van der Waals surface area (Å²) in [6, 6.07) is 0. The third-order valence-electron chi connectivity index (χ3n) is 6.00. The van der Waals surface area contributed by atoms with Gasteiger partial charge in [-0.15, -0.1) is 0 Å². The van der Waals surface area contributed by atoms with Gasteiger partial charge in [-0.25, -0.2) is 0 Å². The zero-order chi connectivity index (χ0) is 13.1. The summed E-state index contributed by atoms with van der Waals surface area (Å²) in [5, 5.41) is 20.1. The summed E-state index contributed by atoms with van der Waals surface area (Å²) in [6.07, 6.45) is 4.35. The van der Waals surface area contributed by atoms with Gasteiger partial charge in [-0.1, -0.05) is 13.8 Å². The predicted molar refractivity (Wildman–Crippen MR) is 69.1 cm³/mol. The van der Waals surface area contributed by atoms with Crippen molar-refractivity contribution in [3.8, 4) is 0 Å². The summed E-state index contributed by atoms with van der Waals surface area (Å²) in [5.74, 6) is 1.64. The molecular formula is C15H26O3. The Hall–Kier alpha value is -0.120. The van der Waals surface area contributed by atoms with Crippen LogP contribution in [-0.2, 0) is 4.74 Å². The fourth-order valence-corrected chi connectivity index (χ4v) is 5.02. The van der Waals surface area contributed by atoms with Crippen molar-refractivity contribution in [1.82, 2.24) is 0 Å². The highest BCUT2D eigenvalue weighted by atomic mass is 16.6. The lowest BCUT2D eigenvalue weighted by atomic mass is 9.58. The zero-order valence-corrected chi connectivity index (χ0v) is 11.7. The summed E-state index contributed by atoms with van der Waals surface area (Å²) in [7, 11) is 0. The molecule has 1 heterocycles. The van der Waals surface area contributed by atoms with Gasteiger partial charge in [0.2, 0.25) is 0 Å². The maximum absolute atomic E-state index is 10.3. The molecule has 3 nitrogen and oxygen atoms in total. The summed E-state index contributed by atoms with van der Waals surface area (Å²) in [5.41, 5.74) is -0.518. The van der Waals surface area contributed by atoms with Gasteiger partial charge in [0.05, 0.1) is 11.7 Å². The molecule has 0 aromatic rings. The molecule has 0 unspecified atom stereocenters. The van der Waals surface area contributed by atoms with Crippen LogP contribution in [0.15, 0.2) is 0 Å². The Morgan fingerprint density at radius 2 is 1.94 bits per heavy atom. The second-order valence-electron chi connectivity index (χ2n) is 7.25. The molecule has 3 aliphatic rings. The number of aliphatic hydroxyl groups is 2. The molecule has 0 amide bonds. The van der Waals surface area contributed by atoms with Crippen LogP contribution in [0.3, 0.4) is 0 Å². The lowest BCUT2D eigenvalue weighted by Crippen LogP contribution is -2.50. The lowest BCUT2D eigenvalue weighted by Gasteiger charge is -2.45. The van der Waals surface area contributed by atoms with E-state index in [9.17, 15) is 10.2 Å². The van der Waals surface area contributed by atoms with Crippen molar-refractivity contribution < 1.29 is 14.9 Å². The molecule has 3 heteroatoms. The van der Waals surface area contributed by atoms with Crippen molar-refractivity contribution in [2.24, 2.45) is 23.2 Å². The highest BCUT2D eigenvalue weighted by molar-refractivity contribution is 5.18. The number of fused-ring (bicyclic) bond motifs is 2. The predicted octanol–water partition coefficient (Wildman–Crippen LogP) is 1.96. The lowest BCUT2D eigenvalue weighted by molar-refractivity contribution is -0.0374. The molecule has 6 atom stereocenters. The highest BCUT2D eigenvalue weighted by Gasteiger charge is 2.70. The fourth-order valence-electron chi connectivity index (χ4n) is 5.02. The Morgan fingerprint density at radius 3 is 2.56 bits per heavy atom. The van der Waals surface area contributed by atoms with Gasteiger partial charge in [-0.05, 0) is 50.4 Å². The molecule has 104 valence electrons. The number of aliphatic hydroxyl groups excluding tert-OH is 1. The normalized spacial score (nSPS) is 55.0.